The highest BCUT2D eigenvalue weighted by molar-refractivity contribution is 7.86. The Bertz CT molecular complexity index is 2680. The van der Waals surface area contributed by atoms with Crippen molar-refractivity contribution in [2.45, 2.75) is 9.79 Å². The third-order valence-electron chi connectivity index (χ3n) is 7.57. The van der Waals surface area contributed by atoms with Crippen molar-refractivity contribution in [2.24, 2.45) is 20.5 Å². The van der Waals surface area contributed by atoms with E-state index < -0.39 is 53.0 Å². The van der Waals surface area contributed by atoms with Crippen molar-refractivity contribution >= 4 is 75.9 Å². The van der Waals surface area contributed by atoms with Crippen LogP contribution in [-0.4, -0.2) is 46.4 Å². The molecule has 0 spiro atoms. The molecule has 0 atom stereocenters. The number of aromatic hydroxyl groups is 4. The maximum atomic E-state index is 12.1. The van der Waals surface area contributed by atoms with E-state index in [4.69, 9.17) is 11.5 Å². The third kappa shape index (κ3) is 6.29. The lowest BCUT2D eigenvalue weighted by Gasteiger charge is -2.10. The monoisotopic (exact) mass is 716 g/mol. The highest BCUT2D eigenvalue weighted by Crippen LogP contribution is 2.45. The number of benzene rings is 6. The molecule has 10 N–H and O–H groups in total. The summed E-state index contributed by atoms with van der Waals surface area (Å²) in [4.78, 5) is -1.18. The largest absolute Gasteiger partial charge is 0.506 e. The van der Waals surface area contributed by atoms with Crippen molar-refractivity contribution in [1.82, 2.24) is 0 Å². The number of hydrogen-bond donors (Lipinski definition) is 8. The van der Waals surface area contributed by atoms with Gasteiger partial charge in [0.25, 0.3) is 20.2 Å². The zero-order valence-electron chi connectivity index (χ0n) is 25.2. The van der Waals surface area contributed by atoms with Crippen LogP contribution in [0.25, 0.3) is 32.7 Å². The maximum Gasteiger partial charge on any atom is 0.296 e. The van der Waals surface area contributed by atoms with Gasteiger partial charge in [-0.1, -0.05) is 30.3 Å². The van der Waals surface area contributed by atoms with Gasteiger partial charge in [-0.25, -0.2) is 0 Å². The van der Waals surface area contributed by atoms with E-state index in [1.807, 2.05) is 0 Å². The van der Waals surface area contributed by atoms with Gasteiger partial charge in [0.05, 0.1) is 4.90 Å². The predicted octanol–water partition coefficient (Wildman–Crippen LogP) is 6.97. The summed E-state index contributed by atoms with van der Waals surface area (Å²) < 4.78 is 66.3. The summed E-state index contributed by atoms with van der Waals surface area (Å²) >= 11 is 0. The molecule has 0 aliphatic rings. The van der Waals surface area contributed by atoms with Crippen molar-refractivity contribution in [3.63, 3.8) is 0 Å². The maximum absolute atomic E-state index is 12.1. The van der Waals surface area contributed by atoms with Crippen LogP contribution >= 0.6 is 0 Å². The first kappa shape index (κ1) is 33.6. The van der Waals surface area contributed by atoms with E-state index in [9.17, 15) is 46.4 Å². The Morgan fingerprint density at radius 1 is 0.520 bits per heavy atom. The molecule has 0 aromatic heterocycles. The van der Waals surface area contributed by atoms with Gasteiger partial charge in [0.2, 0.25) is 0 Å². The van der Waals surface area contributed by atoms with Crippen molar-refractivity contribution in [3.8, 4) is 34.1 Å². The van der Waals surface area contributed by atoms with Gasteiger partial charge >= 0.3 is 0 Å². The zero-order chi connectivity index (χ0) is 36.1. The molecular formula is C32H24N6O10S2. The van der Waals surface area contributed by atoms with Crippen LogP contribution in [0.4, 0.5) is 34.1 Å². The summed E-state index contributed by atoms with van der Waals surface area (Å²) in [7, 11) is -9.40. The van der Waals surface area contributed by atoms with E-state index in [0.717, 1.165) is 18.2 Å². The first-order chi connectivity index (χ1) is 23.5. The SMILES string of the molecule is Nc1cc(S(=O)(=O)O)cc2ccc(N=Nc3ccc(-c4ccc(N=Nc5c(S(=O)(=O)O)cc6cccc(N)c6c5O)c(O)c4)cc3O)c(O)c12. The van der Waals surface area contributed by atoms with E-state index in [0.29, 0.717) is 11.1 Å². The molecule has 6 aromatic carbocycles. The van der Waals surface area contributed by atoms with E-state index in [-0.39, 0.29) is 55.7 Å². The van der Waals surface area contributed by atoms with Crippen molar-refractivity contribution < 1.29 is 46.4 Å². The Labute approximate surface area is 282 Å². The van der Waals surface area contributed by atoms with Crippen molar-refractivity contribution in [1.29, 1.82) is 0 Å². The molecule has 0 radical (unpaired) electrons. The molecule has 16 nitrogen and oxygen atoms in total. The zero-order valence-corrected chi connectivity index (χ0v) is 26.8. The Balaban J connectivity index is 1.27. The lowest BCUT2D eigenvalue weighted by molar-refractivity contribution is 0.471. The highest BCUT2D eigenvalue weighted by atomic mass is 32.2. The Morgan fingerprint density at radius 2 is 1.06 bits per heavy atom. The molecule has 0 fully saturated rings. The number of rotatable bonds is 7. The quantitative estimate of drug-likeness (QED) is 0.0472. The van der Waals surface area contributed by atoms with E-state index in [1.165, 1.54) is 60.7 Å². The predicted molar refractivity (Wildman–Crippen MR) is 183 cm³/mol. The highest BCUT2D eigenvalue weighted by Gasteiger charge is 2.23. The third-order valence-corrected chi connectivity index (χ3v) is 9.26. The average Bonchev–Trinajstić information content (AvgIpc) is 3.03. The fourth-order valence-electron chi connectivity index (χ4n) is 5.18. The van der Waals surface area contributed by atoms with E-state index in [1.54, 1.807) is 6.07 Å². The molecule has 0 bridgehead atoms. The standard InChI is InChI=1S/C32H24N6O10S2/c33-20-3-1-2-17-13-27(50(46,47)48)30(32(42)28(17)20)38-36-23-8-5-16(12-26(23)40)15-4-7-22(25(39)11-15)35-37-24-9-6-18-10-19(49(43,44)45)14-21(34)29(18)31(24)41/h1-14,39-42H,33-34H2,(H,43,44,45)(H,46,47,48). The Morgan fingerprint density at radius 3 is 1.64 bits per heavy atom. The minimum absolute atomic E-state index is 0.00283. The van der Waals surface area contributed by atoms with Gasteiger partial charge in [0, 0.05) is 22.1 Å². The number of nitrogens with zero attached hydrogens (tertiary/aromatic N) is 4. The van der Waals surface area contributed by atoms with Gasteiger partial charge in [-0.2, -0.15) is 16.8 Å². The molecular weight excluding hydrogens is 693 g/mol. The second-order valence-corrected chi connectivity index (χ2v) is 13.6. The summed E-state index contributed by atoms with van der Waals surface area (Å²) in [6.45, 7) is 0. The first-order valence-electron chi connectivity index (χ1n) is 14.1. The number of phenolic OH excluding ortho intramolecular Hbond substituents is 4. The summed E-state index contributed by atoms with van der Waals surface area (Å²) in [6.07, 6.45) is 0. The first-order valence-corrected chi connectivity index (χ1v) is 16.9. The average molecular weight is 717 g/mol. The normalized spacial score (nSPS) is 12.4. The smallest absolute Gasteiger partial charge is 0.296 e. The number of nitrogen functional groups attached to an aromatic ring is 2. The molecule has 0 aliphatic carbocycles. The van der Waals surface area contributed by atoms with Crippen molar-refractivity contribution in [3.05, 3.63) is 84.9 Å². The van der Waals surface area contributed by atoms with Gasteiger partial charge in [-0.15, -0.1) is 20.5 Å². The van der Waals surface area contributed by atoms with E-state index in [2.05, 4.69) is 20.5 Å². The molecule has 6 rings (SSSR count). The topological polar surface area (TPSA) is 291 Å². The van der Waals surface area contributed by atoms with Gasteiger partial charge in [0.15, 0.2) is 11.5 Å². The van der Waals surface area contributed by atoms with Crippen LogP contribution in [-0.2, 0) is 20.2 Å². The van der Waals surface area contributed by atoms with Gasteiger partial charge < -0.3 is 31.9 Å². The number of anilines is 2. The molecule has 0 saturated heterocycles. The van der Waals surface area contributed by atoms with Gasteiger partial charge in [0.1, 0.15) is 39.1 Å². The molecule has 18 heteroatoms. The molecule has 0 heterocycles. The minimum atomic E-state index is -4.86. The van der Waals surface area contributed by atoms with Gasteiger partial charge in [-0.3, -0.25) is 9.11 Å². The Hall–Kier alpha value is -6.34. The van der Waals surface area contributed by atoms with Crippen LogP contribution in [0.3, 0.4) is 0 Å². The summed E-state index contributed by atoms with van der Waals surface area (Å²) in [5, 5.41) is 59.1. The Kier molecular flexibility index (Phi) is 8.24. The minimum Gasteiger partial charge on any atom is -0.506 e. The number of hydrogen-bond acceptors (Lipinski definition) is 14. The van der Waals surface area contributed by atoms with Crippen LogP contribution in [0.2, 0.25) is 0 Å². The molecule has 254 valence electrons. The molecule has 0 amide bonds. The van der Waals surface area contributed by atoms with Crippen LogP contribution in [0, 0.1) is 0 Å². The van der Waals surface area contributed by atoms with Crippen LogP contribution in [0.15, 0.2) is 115 Å². The molecule has 6 aromatic rings. The number of azo groups is 2. The van der Waals surface area contributed by atoms with Crippen LogP contribution in [0.1, 0.15) is 0 Å². The van der Waals surface area contributed by atoms with Crippen LogP contribution in [0.5, 0.6) is 23.0 Å². The summed E-state index contributed by atoms with van der Waals surface area (Å²) in [5.74, 6) is -1.79. The summed E-state index contributed by atoms with van der Waals surface area (Å²) in [6, 6.07) is 18.9. The van der Waals surface area contributed by atoms with Crippen molar-refractivity contribution in [2.75, 3.05) is 11.5 Å². The lowest BCUT2D eigenvalue weighted by Crippen LogP contribution is -2.00. The second-order valence-electron chi connectivity index (χ2n) is 10.8. The molecule has 0 aliphatic heterocycles. The molecule has 0 saturated carbocycles. The second kappa shape index (κ2) is 12.3. The fourth-order valence-corrected chi connectivity index (χ4v) is 6.39. The summed E-state index contributed by atoms with van der Waals surface area (Å²) in [5.41, 5.74) is 11.9. The number of phenols is 4. The van der Waals surface area contributed by atoms with Crippen LogP contribution < -0.4 is 11.5 Å². The van der Waals surface area contributed by atoms with Gasteiger partial charge in [-0.05, 0) is 76.5 Å². The lowest BCUT2D eigenvalue weighted by atomic mass is 10.0. The molecule has 50 heavy (non-hydrogen) atoms. The number of nitrogens with two attached hydrogens (primary N) is 2. The molecule has 0 unspecified atom stereocenters. The number of fused-ring (bicyclic) bond motifs is 2. The fraction of sp³-hybridized carbons (Fsp3) is 0. The van der Waals surface area contributed by atoms with E-state index >= 15 is 0 Å².